The van der Waals surface area contributed by atoms with Crippen molar-refractivity contribution in [3.63, 3.8) is 0 Å². The van der Waals surface area contributed by atoms with E-state index in [9.17, 15) is 4.79 Å². The molecule has 1 aromatic rings. The lowest BCUT2D eigenvalue weighted by atomic mass is 9.90. The molecule has 3 heteroatoms. The van der Waals surface area contributed by atoms with Crippen molar-refractivity contribution in [2.45, 2.75) is 52.9 Å². The second-order valence-electron chi connectivity index (χ2n) is 5.86. The fourth-order valence-electron chi connectivity index (χ4n) is 1.94. The number of carbonyl (C=O) groups is 1. The number of unbranched alkanes of at least 4 members (excludes halogenated alkanes) is 1. The summed E-state index contributed by atoms with van der Waals surface area (Å²) in [5.41, 5.74) is 0.891. The minimum absolute atomic E-state index is 0.280. The van der Waals surface area contributed by atoms with Crippen LogP contribution < -0.4 is 4.74 Å². The lowest BCUT2D eigenvalue weighted by molar-refractivity contribution is -0.119. The predicted molar refractivity (Wildman–Crippen MR) is 84.4 cm³/mol. The Hall–Kier alpha value is -1.02. The van der Waals surface area contributed by atoms with Crippen LogP contribution in [0.25, 0.3) is 0 Å². The van der Waals surface area contributed by atoms with Gasteiger partial charge in [0.1, 0.15) is 5.75 Å². The van der Waals surface area contributed by atoms with Crippen LogP contribution in [0, 0.1) is 5.41 Å². The molecule has 0 atom stereocenters. The van der Waals surface area contributed by atoms with Gasteiger partial charge in [0, 0.05) is 5.41 Å². The van der Waals surface area contributed by atoms with Gasteiger partial charge in [-0.1, -0.05) is 39.3 Å². The number of hydrogen-bond acceptors (Lipinski definition) is 2. The fourth-order valence-corrected chi connectivity index (χ4v) is 2.03. The number of carbonyl (C=O) groups excluding carboxylic acids is 1. The number of benzene rings is 1. The van der Waals surface area contributed by atoms with Crippen LogP contribution in [0.3, 0.4) is 0 Å². The van der Waals surface area contributed by atoms with E-state index in [0.717, 1.165) is 25.0 Å². The highest BCUT2D eigenvalue weighted by Crippen LogP contribution is 2.25. The topological polar surface area (TPSA) is 26.3 Å². The van der Waals surface area contributed by atoms with E-state index in [0.29, 0.717) is 6.61 Å². The van der Waals surface area contributed by atoms with Crippen LogP contribution in [-0.4, -0.2) is 11.8 Å². The summed E-state index contributed by atoms with van der Waals surface area (Å²) in [6, 6.07) is 8.28. The molecule has 2 nitrogen and oxygen atoms in total. The maximum Gasteiger partial charge on any atom is 0.227 e. The lowest BCUT2D eigenvalue weighted by Crippen LogP contribution is -2.20. The molecule has 0 fully saturated rings. The second-order valence-corrected chi connectivity index (χ2v) is 6.20. The van der Waals surface area contributed by atoms with Crippen LogP contribution in [-0.2, 0) is 11.2 Å². The maximum absolute atomic E-state index is 11.2. The first-order valence-electron chi connectivity index (χ1n) is 7.37. The largest absolute Gasteiger partial charge is 0.494 e. The van der Waals surface area contributed by atoms with Gasteiger partial charge >= 0.3 is 0 Å². The molecule has 0 aliphatic carbocycles. The SMILES string of the molecule is CCCCc1ccc(OCCCC(C)(C)C(=O)Cl)cc1. The van der Waals surface area contributed by atoms with Gasteiger partial charge in [-0.3, -0.25) is 4.79 Å². The summed E-state index contributed by atoms with van der Waals surface area (Å²) < 4.78 is 5.69. The van der Waals surface area contributed by atoms with Gasteiger partial charge in [-0.15, -0.1) is 0 Å². The minimum Gasteiger partial charge on any atom is -0.494 e. The van der Waals surface area contributed by atoms with Crippen molar-refractivity contribution >= 4 is 16.8 Å². The minimum atomic E-state index is -0.463. The first-order valence-corrected chi connectivity index (χ1v) is 7.75. The maximum atomic E-state index is 11.2. The third-order valence-corrected chi connectivity index (χ3v) is 4.00. The molecule has 0 saturated heterocycles. The number of ether oxygens (including phenoxy) is 1. The van der Waals surface area contributed by atoms with E-state index in [4.69, 9.17) is 16.3 Å². The molecule has 0 N–H and O–H groups in total. The number of hydrogen-bond donors (Lipinski definition) is 0. The Morgan fingerprint density at radius 2 is 1.85 bits per heavy atom. The van der Waals surface area contributed by atoms with E-state index in [1.54, 1.807) is 0 Å². The van der Waals surface area contributed by atoms with E-state index >= 15 is 0 Å². The van der Waals surface area contributed by atoms with Crippen molar-refractivity contribution in [3.05, 3.63) is 29.8 Å². The van der Waals surface area contributed by atoms with Crippen molar-refractivity contribution < 1.29 is 9.53 Å². The Kier molecular flexibility index (Phi) is 7.08. The first-order chi connectivity index (χ1) is 9.45. The Labute approximate surface area is 127 Å². The van der Waals surface area contributed by atoms with Gasteiger partial charge in [0.2, 0.25) is 5.24 Å². The number of aryl methyl sites for hydroxylation is 1. The highest BCUT2D eigenvalue weighted by Gasteiger charge is 2.24. The van der Waals surface area contributed by atoms with Crippen LogP contribution in [0.15, 0.2) is 24.3 Å². The average Bonchev–Trinajstić information content (AvgIpc) is 2.42. The summed E-state index contributed by atoms with van der Waals surface area (Å²) in [4.78, 5) is 11.2. The first kappa shape index (κ1) is 17.0. The van der Waals surface area contributed by atoms with Crippen molar-refractivity contribution in [1.82, 2.24) is 0 Å². The van der Waals surface area contributed by atoms with Gasteiger partial charge in [0.05, 0.1) is 6.61 Å². The van der Waals surface area contributed by atoms with Crippen LogP contribution in [0.5, 0.6) is 5.75 Å². The molecule has 0 spiro atoms. The molecule has 0 saturated carbocycles. The zero-order valence-corrected chi connectivity index (χ0v) is 13.5. The molecule has 0 aliphatic rings. The molecular formula is C17H25ClO2. The Balaban J connectivity index is 2.30. The summed E-state index contributed by atoms with van der Waals surface area (Å²) in [5, 5.41) is -0.280. The molecule has 0 aromatic heterocycles. The molecular weight excluding hydrogens is 272 g/mol. The van der Waals surface area contributed by atoms with Crippen molar-refractivity contribution in [2.24, 2.45) is 5.41 Å². The predicted octanol–water partition coefficient (Wildman–Crippen LogP) is 4.98. The molecule has 20 heavy (non-hydrogen) atoms. The van der Waals surface area contributed by atoms with Gasteiger partial charge in [-0.25, -0.2) is 0 Å². The van der Waals surface area contributed by atoms with Crippen LogP contribution in [0.1, 0.15) is 52.0 Å². The van der Waals surface area contributed by atoms with Gasteiger partial charge in [0.15, 0.2) is 0 Å². The smallest absolute Gasteiger partial charge is 0.227 e. The van der Waals surface area contributed by atoms with E-state index in [1.807, 2.05) is 26.0 Å². The normalized spacial score (nSPS) is 11.4. The molecule has 0 aliphatic heterocycles. The summed E-state index contributed by atoms with van der Waals surface area (Å²) in [6.07, 6.45) is 5.13. The Morgan fingerprint density at radius 3 is 2.40 bits per heavy atom. The fraction of sp³-hybridized carbons (Fsp3) is 0.588. The van der Waals surface area contributed by atoms with E-state index < -0.39 is 5.41 Å². The molecule has 0 radical (unpaired) electrons. The number of halogens is 1. The van der Waals surface area contributed by atoms with Gasteiger partial charge in [-0.2, -0.15) is 0 Å². The number of rotatable bonds is 9. The summed E-state index contributed by atoms with van der Waals surface area (Å²) >= 11 is 5.54. The summed E-state index contributed by atoms with van der Waals surface area (Å²) in [5.74, 6) is 0.889. The van der Waals surface area contributed by atoms with Gasteiger partial charge in [0.25, 0.3) is 0 Å². The average molecular weight is 297 g/mol. The lowest BCUT2D eigenvalue weighted by Gasteiger charge is -2.19. The van der Waals surface area contributed by atoms with Crippen molar-refractivity contribution in [1.29, 1.82) is 0 Å². The van der Waals surface area contributed by atoms with Gasteiger partial charge in [-0.05, 0) is 55.0 Å². The zero-order chi connectivity index (χ0) is 15.0. The quantitative estimate of drug-likeness (QED) is 0.474. The Morgan fingerprint density at radius 1 is 1.20 bits per heavy atom. The van der Waals surface area contributed by atoms with Crippen molar-refractivity contribution in [2.75, 3.05) is 6.61 Å². The molecule has 0 bridgehead atoms. The molecule has 1 aromatic carbocycles. The Bertz CT molecular complexity index is 410. The second kappa shape index (κ2) is 8.31. The highest BCUT2D eigenvalue weighted by atomic mass is 35.5. The van der Waals surface area contributed by atoms with Gasteiger partial charge < -0.3 is 4.74 Å². The third-order valence-electron chi connectivity index (χ3n) is 3.49. The van der Waals surface area contributed by atoms with E-state index in [1.165, 1.54) is 18.4 Å². The van der Waals surface area contributed by atoms with Crippen LogP contribution in [0.2, 0.25) is 0 Å². The molecule has 1 rings (SSSR count). The highest BCUT2D eigenvalue weighted by molar-refractivity contribution is 6.64. The molecule has 0 amide bonds. The van der Waals surface area contributed by atoms with Crippen molar-refractivity contribution in [3.8, 4) is 5.75 Å². The monoisotopic (exact) mass is 296 g/mol. The van der Waals surface area contributed by atoms with E-state index in [2.05, 4.69) is 19.1 Å². The molecule has 0 unspecified atom stereocenters. The summed E-state index contributed by atoms with van der Waals surface area (Å²) in [7, 11) is 0. The summed E-state index contributed by atoms with van der Waals surface area (Å²) in [6.45, 7) is 6.54. The van der Waals surface area contributed by atoms with Crippen LogP contribution >= 0.6 is 11.6 Å². The molecule has 0 heterocycles. The zero-order valence-electron chi connectivity index (χ0n) is 12.7. The van der Waals surface area contributed by atoms with E-state index in [-0.39, 0.29) is 5.24 Å². The van der Waals surface area contributed by atoms with Crippen LogP contribution in [0.4, 0.5) is 0 Å². The third kappa shape index (κ3) is 5.96. The molecule has 112 valence electrons. The standard InChI is InChI=1S/C17H25ClO2/c1-4-5-7-14-8-10-15(11-9-14)20-13-6-12-17(2,3)16(18)19/h8-11H,4-7,12-13H2,1-3H3.